The summed E-state index contributed by atoms with van der Waals surface area (Å²) in [6, 6.07) is 2.16. The van der Waals surface area contributed by atoms with Crippen LogP contribution in [0.5, 0.6) is 0 Å². The molecule has 1 unspecified atom stereocenters. The maximum atomic E-state index is 13.3. The topological polar surface area (TPSA) is 27.7 Å². The summed E-state index contributed by atoms with van der Waals surface area (Å²) in [4.78, 5) is 0. The van der Waals surface area contributed by atoms with E-state index in [1.54, 1.807) is 21.3 Å². The van der Waals surface area contributed by atoms with Gasteiger partial charge in [-0.2, -0.15) is 0 Å². The third kappa shape index (κ3) is 9.50. The molecule has 0 heterocycles. The van der Waals surface area contributed by atoms with Crippen molar-refractivity contribution in [3.8, 4) is 0 Å². The molecule has 0 aliphatic rings. The van der Waals surface area contributed by atoms with Crippen LogP contribution in [0.2, 0.25) is 0 Å². The molecule has 0 bridgehead atoms. The average Bonchev–Trinajstić information content (AvgIpc) is 2.77. The Bertz CT molecular complexity index is 574. The first-order chi connectivity index (χ1) is 14.9. The van der Waals surface area contributed by atoms with E-state index in [0.29, 0.717) is 12.0 Å². The molecule has 0 spiro atoms. The molecule has 1 rings (SSSR count). The number of unbranched alkanes of at least 4 members (excludes halogenated alkanes) is 8. The van der Waals surface area contributed by atoms with E-state index >= 15 is 0 Å². The van der Waals surface area contributed by atoms with E-state index in [1.165, 1.54) is 32.1 Å². The molecule has 1 atom stereocenters. The van der Waals surface area contributed by atoms with Crippen molar-refractivity contribution in [3.63, 3.8) is 0 Å². The van der Waals surface area contributed by atoms with E-state index in [0.717, 1.165) is 57.1 Å². The van der Waals surface area contributed by atoms with Crippen LogP contribution in [0.25, 0.3) is 0 Å². The van der Waals surface area contributed by atoms with Crippen LogP contribution >= 0.6 is 0 Å². The van der Waals surface area contributed by atoms with Crippen LogP contribution in [0, 0.1) is 23.4 Å². The first-order valence-corrected chi connectivity index (χ1v) is 11.7. The Kier molecular flexibility index (Phi) is 14.1. The van der Waals surface area contributed by atoms with Crippen molar-refractivity contribution in [1.29, 1.82) is 0 Å². The van der Waals surface area contributed by atoms with Crippen molar-refractivity contribution >= 4 is 0 Å². The molecule has 180 valence electrons. The van der Waals surface area contributed by atoms with E-state index in [-0.39, 0.29) is 5.92 Å². The summed E-state index contributed by atoms with van der Waals surface area (Å²) < 4.78 is 56.5. The van der Waals surface area contributed by atoms with Crippen molar-refractivity contribution in [2.24, 2.45) is 5.92 Å². The Morgan fingerprint density at radius 2 is 1.16 bits per heavy atom. The molecule has 0 saturated carbocycles. The summed E-state index contributed by atoms with van der Waals surface area (Å²) in [7, 11) is 4.84. The van der Waals surface area contributed by atoms with Crippen molar-refractivity contribution in [2.75, 3.05) is 21.3 Å². The minimum absolute atomic E-state index is 0.138. The molecule has 0 saturated heterocycles. The van der Waals surface area contributed by atoms with E-state index in [2.05, 4.69) is 6.92 Å². The predicted octanol–water partition coefficient (Wildman–Crippen LogP) is 7.56. The van der Waals surface area contributed by atoms with Crippen LogP contribution < -0.4 is 0 Å². The van der Waals surface area contributed by atoms with E-state index in [9.17, 15) is 13.2 Å². The maximum absolute atomic E-state index is 13.3. The number of methoxy groups -OCH3 is 3. The zero-order valence-electron chi connectivity index (χ0n) is 19.8. The third-order valence-electron chi connectivity index (χ3n) is 6.07. The van der Waals surface area contributed by atoms with Crippen LogP contribution in [-0.2, 0) is 20.6 Å². The summed E-state index contributed by atoms with van der Waals surface area (Å²) in [6.07, 6.45) is 13.6. The Morgan fingerprint density at radius 1 is 0.710 bits per heavy atom. The molecule has 0 aromatic heterocycles. The summed E-state index contributed by atoms with van der Waals surface area (Å²) >= 11 is 0. The monoisotopic (exact) mass is 446 g/mol. The summed E-state index contributed by atoms with van der Waals surface area (Å²) in [6.45, 7) is 2.22. The Labute approximate surface area is 186 Å². The second-order valence-electron chi connectivity index (χ2n) is 8.30. The average molecular weight is 447 g/mol. The molecule has 0 amide bonds. The van der Waals surface area contributed by atoms with Gasteiger partial charge in [0.25, 0.3) is 5.97 Å². The summed E-state index contributed by atoms with van der Waals surface area (Å²) in [5.41, 5.74) is 0.495. The van der Waals surface area contributed by atoms with Crippen LogP contribution in [0.4, 0.5) is 13.2 Å². The fourth-order valence-corrected chi connectivity index (χ4v) is 4.24. The fourth-order valence-electron chi connectivity index (χ4n) is 4.24. The minimum Gasteiger partial charge on any atom is -0.331 e. The number of aryl methyl sites for hydroxylation is 1. The molecule has 0 aliphatic heterocycles. The molecule has 0 fully saturated rings. The zero-order valence-corrected chi connectivity index (χ0v) is 19.8. The van der Waals surface area contributed by atoms with Gasteiger partial charge in [-0.25, -0.2) is 13.2 Å². The molecule has 0 radical (unpaired) electrons. The Balaban J connectivity index is 2.43. The van der Waals surface area contributed by atoms with Crippen LogP contribution in [-0.4, -0.2) is 27.3 Å². The molecule has 0 aliphatic carbocycles. The maximum Gasteiger partial charge on any atom is 0.285 e. The molecule has 31 heavy (non-hydrogen) atoms. The van der Waals surface area contributed by atoms with Gasteiger partial charge in [0.15, 0.2) is 17.5 Å². The van der Waals surface area contributed by atoms with Crippen LogP contribution in [0.3, 0.4) is 0 Å². The quantitative estimate of drug-likeness (QED) is 0.132. The van der Waals surface area contributed by atoms with E-state index in [1.807, 2.05) is 0 Å². The molecular formula is C25H41F3O3. The predicted molar refractivity (Wildman–Crippen MR) is 118 cm³/mol. The van der Waals surface area contributed by atoms with E-state index < -0.39 is 23.4 Å². The summed E-state index contributed by atoms with van der Waals surface area (Å²) in [5.74, 6) is -4.53. The van der Waals surface area contributed by atoms with Gasteiger partial charge >= 0.3 is 0 Å². The highest BCUT2D eigenvalue weighted by Gasteiger charge is 2.39. The van der Waals surface area contributed by atoms with Crippen molar-refractivity contribution < 1.29 is 27.4 Å². The van der Waals surface area contributed by atoms with Gasteiger partial charge in [-0.05, 0) is 43.4 Å². The number of hydrogen-bond acceptors (Lipinski definition) is 3. The Hall–Kier alpha value is -1.11. The fraction of sp³-hybridized carbons (Fsp3) is 0.760. The van der Waals surface area contributed by atoms with Gasteiger partial charge in [0.05, 0.1) is 0 Å². The van der Waals surface area contributed by atoms with Gasteiger partial charge in [-0.15, -0.1) is 0 Å². The van der Waals surface area contributed by atoms with Gasteiger partial charge in [-0.3, -0.25) is 0 Å². The lowest BCUT2D eigenvalue weighted by Crippen LogP contribution is -2.44. The van der Waals surface area contributed by atoms with Gasteiger partial charge in [0.2, 0.25) is 0 Å². The summed E-state index contributed by atoms with van der Waals surface area (Å²) in [5, 5.41) is 0. The highest BCUT2D eigenvalue weighted by molar-refractivity contribution is 5.19. The largest absolute Gasteiger partial charge is 0.331 e. The first kappa shape index (κ1) is 27.9. The van der Waals surface area contributed by atoms with Gasteiger partial charge in [0.1, 0.15) is 0 Å². The number of rotatable bonds is 18. The molecule has 3 nitrogen and oxygen atoms in total. The minimum atomic E-state index is -1.40. The Morgan fingerprint density at radius 3 is 1.65 bits per heavy atom. The van der Waals surface area contributed by atoms with Crippen molar-refractivity contribution in [1.82, 2.24) is 0 Å². The molecule has 0 N–H and O–H groups in total. The number of halogens is 3. The van der Waals surface area contributed by atoms with Crippen LogP contribution in [0.1, 0.15) is 89.5 Å². The highest BCUT2D eigenvalue weighted by Crippen LogP contribution is 2.33. The van der Waals surface area contributed by atoms with Crippen molar-refractivity contribution in [3.05, 3.63) is 35.1 Å². The van der Waals surface area contributed by atoms with Gasteiger partial charge in [0, 0.05) is 27.2 Å². The van der Waals surface area contributed by atoms with E-state index in [4.69, 9.17) is 14.2 Å². The first-order valence-electron chi connectivity index (χ1n) is 11.7. The lowest BCUT2D eigenvalue weighted by molar-refractivity contribution is -0.380. The second kappa shape index (κ2) is 15.7. The normalized spacial score (nSPS) is 13.0. The smallest absolute Gasteiger partial charge is 0.285 e. The third-order valence-corrected chi connectivity index (χ3v) is 6.07. The molecule has 1 aromatic rings. The van der Waals surface area contributed by atoms with Crippen LogP contribution in [0.15, 0.2) is 12.1 Å². The zero-order chi connectivity index (χ0) is 23.1. The lowest BCUT2D eigenvalue weighted by Gasteiger charge is -2.36. The molecule has 1 aromatic carbocycles. The van der Waals surface area contributed by atoms with Gasteiger partial charge < -0.3 is 14.2 Å². The second-order valence-corrected chi connectivity index (χ2v) is 8.30. The highest BCUT2D eigenvalue weighted by atomic mass is 19.2. The number of ether oxygens (including phenoxy) is 3. The van der Waals surface area contributed by atoms with Gasteiger partial charge in [-0.1, -0.05) is 64.7 Å². The SMILES string of the molecule is CCCCCCCCC(CCCCCCc1cc(F)c(F)c(F)c1)C(OC)(OC)OC. The number of hydrogen-bond donors (Lipinski definition) is 0. The van der Waals surface area contributed by atoms with Crippen molar-refractivity contribution in [2.45, 2.75) is 96.4 Å². The lowest BCUT2D eigenvalue weighted by atomic mass is 9.91. The molecular weight excluding hydrogens is 405 g/mol. The standard InChI is InChI=1S/C25H41F3O3/c1-5-6-7-8-9-13-16-21(25(29-2,30-3)31-4)17-14-11-10-12-15-20-18-22(26)24(28)23(27)19-20/h18-19,21H,5-17H2,1-4H3. The molecule has 6 heteroatoms. The number of benzene rings is 1.